The van der Waals surface area contributed by atoms with Crippen molar-refractivity contribution in [1.82, 2.24) is 4.90 Å². The summed E-state index contributed by atoms with van der Waals surface area (Å²) in [5.74, 6) is 0.574. The number of para-hydroxylation sites is 1. The van der Waals surface area contributed by atoms with E-state index in [1.807, 2.05) is 30.3 Å². The van der Waals surface area contributed by atoms with Crippen molar-refractivity contribution in [3.63, 3.8) is 0 Å². The van der Waals surface area contributed by atoms with Gasteiger partial charge in [-0.1, -0.05) is 36.4 Å². The van der Waals surface area contributed by atoms with Crippen LogP contribution in [0.25, 0.3) is 0 Å². The van der Waals surface area contributed by atoms with Gasteiger partial charge in [0.1, 0.15) is 5.75 Å². The highest BCUT2D eigenvalue weighted by molar-refractivity contribution is 5.85. The van der Waals surface area contributed by atoms with Crippen LogP contribution in [0.1, 0.15) is 29.9 Å². The Hall–Kier alpha value is -1.76. The van der Waals surface area contributed by atoms with Crippen LogP contribution in [0.2, 0.25) is 0 Å². The van der Waals surface area contributed by atoms with E-state index in [1.165, 1.54) is 6.07 Å². The monoisotopic (exact) mass is 415 g/mol. The molecule has 0 aromatic heterocycles. The van der Waals surface area contributed by atoms with E-state index in [9.17, 15) is 18.3 Å². The Morgan fingerprint density at radius 3 is 2.50 bits per heavy atom. The molecule has 0 spiro atoms. The van der Waals surface area contributed by atoms with Crippen LogP contribution in [0.5, 0.6) is 5.75 Å². The largest absolute Gasteiger partial charge is 0.494 e. The molecule has 0 saturated carbocycles. The minimum Gasteiger partial charge on any atom is -0.494 e. The summed E-state index contributed by atoms with van der Waals surface area (Å²) in [6.07, 6.45) is -3.56. The molecule has 1 fully saturated rings. The first-order chi connectivity index (χ1) is 12.9. The summed E-state index contributed by atoms with van der Waals surface area (Å²) >= 11 is 0. The van der Waals surface area contributed by atoms with E-state index in [4.69, 9.17) is 4.74 Å². The maximum absolute atomic E-state index is 12.9. The molecular formula is C21H25ClF3NO2. The average molecular weight is 416 g/mol. The fraction of sp³-hybridized carbons (Fsp3) is 0.429. The zero-order valence-electron chi connectivity index (χ0n) is 15.4. The minimum atomic E-state index is -4.36. The van der Waals surface area contributed by atoms with Gasteiger partial charge >= 0.3 is 6.18 Å². The lowest BCUT2D eigenvalue weighted by atomic mass is 9.86. The first kappa shape index (κ1) is 22.5. The summed E-state index contributed by atoms with van der Waals surface area (Å²) in [4.78, 5) is 2.14. The lowest BCUT2D eigenvalue weighted by Crippen LogP contribution is -2.43. The van der Waals surface area contributed by atoms with Gasteiger partial charge in [-0.15, -0.1) is 12.4 Å². The highest BCUT2D eigenvalue weighted by Crippen LogP contribution is 2.34. The molecule has 0 aliphatic carbocycles. The average Bonchev–Trinajstić information content (AvgIpc) is 2.66. The first-order valence-corrected chi connectivity index (χ1v) is 9.19. The molecular weight excluding hydrogens is 391 g/mol. The molecule has 0 bridgehead atoms. The molecule has 3 nitrogen and oxygen atoms in total. The Bertz CT molecular complexity index is 727. The molecule has 2 aromatic rings. The number of aliphatic hydroxyl groups is 1. The molecule has 2 unspecified atom stereocenters. The summed E-state index contributed by atoms with van der Waals surface area (Å²) < 4.78 is 44.4. The Kier molecular flexibility index (Phi) is 8.16. The third-order valence-electron chi connectivity index (χ3n) is 4.94. The number of hydrogen-bond donors (Lipinski definition) is 1. The van der Waals surface area contributed by atoms with Gasteiger partial charge < -0.3 is 14.7 Å². The highest BCUT2D eigenvalue weighted by Gasteiger charge is 2.33. The molecule has 0 radical (unpaired) electrons. The third-order valence-corrected chi connectivity index (χ3v) is 4.94. The fourth-order valence-corrected chi connectivity index (χ4v) is 3.53. The maximum Gasteiger partial charge on any atom is 0.416 e. The van der Waals surface area contributed by atoms with E-state index in [0.717, 1.165) is 37.4 Å². The van der Waals surface area contributed by atoms with Crippen molar-refractivity contribution in [2.45, 2.75) is 31.0 Å². The summed E-state index contributed by atoms with van der Waals surface area (Å²) in [5.41, 5.74) is -0.0999. The van der Waals surface area contributed by atoms with Gasteiger partial charge in [0, 0.05) is 19.0 Å². The second kappa shape index (κ2) is 10.1. The van der Waals surface area contributed by atoms with Crippen LogP contribution in [0.15, 0.2) is 54.6 Å². The second-order valence-corrected chi connectivity index (χ2v) is 6.90. The van der Waals surface area contributed by atoms with Crippen molar-refractivity contribution in [3.05, 3.63) is 65.7 Å². The molecule has 2 aromatic carbocycles. The number of hydrogen-bond acceptors (Lipinski definition) is 3. The van der Waals surface area contributed by atoms with Crippen molar-refractivity contribution in [2.24, 2.45) is 0 Å². The van der Waals surface area contributed by atoms with Gasteiger partial charge in [-0.25, -0.2) is 0 Å². The minimum absolute atomic E-state index is 0. The van der Waals surface area contributed by atoms with Crippen LogP contribution in [-0.4, -0.2) is 42.4 Å². The molecule has 7 heteroatoms. The summed E-state index contributed by atoms with van der Waals surface area (Å²) in [6, 6.07) is 14.9. The Labute approximate surface area is 169 Å². The topological polar surface area (TPSA) is 32.7 Å². The molecule has 3 rings (SSSR count). The van der Waals surface area contributed by atoms with E-state index in [1.54, 1.807) is 6.07 Å². The van der Waals surface area contributed by atoms with Crippen LogP contribution < -0.4 is 4.74 Å². The Morgan fingerprint density at radius 2 is 1.82 bits per heavy atom. The van der Waals surface area contributed by atoms with Gasteiger partial charge in [0.2, 0.25) is 0 Å². The van der Waals surface area contributed by atoms with Crippen LogP contribution in [0.4, 0.5) is 13.2 Å². The van der Waals surface area contributed by atoms with Crippen LogP contribution in [0.3, 0.4) is 0 Å². The summed E-state index contributed by atoms with van der Waals surface area (Å²) in [5, 5.41) is 10.5. The lowest BCUT2D eigenvalue weighted by molar-refractivity contribution is -0.137. The van der Waals surface area contributed by atoms with Gasteiger partial charge in [0.05, 0.1) is 18.3 Å². The molecule has 28 heavy (non-hydrogen) atoms. The summed E-state index contributed by atoms with van der Waals surface area (Å²) in [7, 11) is 0. The third kappa shape index (κ3) is 6.12. The van der Waals surface area contributed by atoms with Gasteiger partial charge in [-0.05, 0) is 43.1 Å². The number of β-amino-alcohol motifs (C(OH)–C–C–N with tert-alkyl or cyclic N) is 1. The number of piperidine rings is 1. The van der Waals surface area contributed by atoms with Crippen LogP contribution in [-0.2, 0) is 6.18 Å². The van der Waals surface area contributed by atoms with E-state index in [0.29, 0.717) is 25.1 Å². The van der Waals surface area contributed by atoms with Crippen molar-refractivity contribution in [1.29, 1.82) is 0 Å². The van der Waals surface area contributed by atoms with Gasteiger partial charge in [-0.3, -0.25) is 0 Å². The van der Waals surface area contributed by atoms with Gasteiger partial charge in [-0.2, -0.15) is 13.2 Å². The molecule has 1 aliphatic rings. The van der Waals surface area contributed by atoms with E-state index >= 15 is 0 Å². The SMILES string of the molecule is Cl.OC1CN(CCCOc2ccccc2)CCC1c1cccc(C(F)(F)F)c1. The van der Waals surface area contributed by atoms with Crippen LogP contribution in [0, 0.1) is 0 Å². The normalized spacial score (nSPS) is 20.4. The zero-order chi connectivity index (χ0) is 19.3. The quantitative estimate of drug-likeness (QED) is 0.691. The molecule has 1 N–H and O–H groups in total. The number of halogens is 4. The first-order valence-electron chi connectivity index (χ1n) is 9.19. The standard InChI is InChI=1S/C21H24F3NO2.ClH/c22-21(23,24)17-7-4-6-16(14-17)19-10-12-25(15-20(19)26)11-5-13-27-18-8-2-1-3-9-18;/h1-4,6-9,14,19-20,26H,5,10-13,15H2;1H. The van der Waals surface area contributed by atoms with Gasteiger partial charge in [0.15, 0.2) is 0 Å². The number of benzene rings is 2. The van der Waals surface area contributed by atoms with E-state index in [-0.39, 0.29) is 18.3 Å². The number of ether oxygens (including phenoxy) is 1. The molecule has 1 aliphatic heterocycles. The molecule has 0 amide bonds. The van der Waals surface area contributed by atoms with E-state index in [2.05, 4.69) is 4.90 Å². The molecule has 1 heterocycles. The second-order valence-electron chi connectivity index (χ2n) is 6.90. The summed E-state index contributed by atoms with van der Waals surface area (Å²) in [6.45, 7) is 2.60. The lowest BCUT2D eigenvalue weighted by Gasteiger charge is -2.36. The highest BCUT2D eigenvalue weighted by atomic mass is 35.5. The maximum atomic E-state index is 12.9. The number of nitrogens with zero attached hydrogens (tertiary/aromatic N) is 1. The van der Waals surface area contributed by atoms with Crippen LogP contribution >= 0.6 is 12.4 Å². The van der Waals surface area contributed by atoms with Gasteiger partial charge in [0.25, 0.3) is 0 Å². The molecule has 1 saturated heterocycles. The Balaban J connectivity index is 0.00000280. The number of rotatable bonds is 6. The van der Waals surface area contributed by atoms with E-state index < -0.39 is 17.8 Å². The predicted octanol–water partition coefficient (Wildman–Crippen LogP) is 4.75. The predicted molar refractivity (Wildman–Crippen MR) is 105 cm³/mol. The number of likely N-dealkylation sites (tertiary alicyclic amines) is 1. The van der Waals surface area contributed by atoms with Crippen molar-refractivity contribution < 1.29 is 23.0 Å². The Morgan fingerprint density at radius 1 is 1.07 bits per heavy atom. The number of aliphatic hydroxyl groups excluding tert-OH is 1. The molecule has 154 valence electrons. The molecule has 2 atom stereocenters. The van der Waals surface area contributed by atoms with Crippen molar-refractivity contribution >= 4 is 12.4 Å². The number of alkyl halides is 3. The van der Waals surface area contributed by atoms with Crippen molar-refractivity contribution in [3.8, 4) is 5.75 Å². The zero-order valence-corrected chi connectivity index (χ0v) is 16.3. The van der Waals surface area contributed by atoms with Crippen molar-refractivity contribution in [2.75, 3.05) is 26.2 Å². The fourth-order valence-electron chi connectivity index (χ4n) is 3.53. The smallest absolute Gasteiger partial charge is 0.416 e.